The minimum absolute atomic E-state index is 0.118. The SMILES string of the molecule is O=C(COC(=O)COc1ccc(Br)cc1F)NC(=O)c1cccs1. The third kappa shape index (κ3) is 5.43. The van der Waals surface area contributed by atoms with Gasteiger partial charge < -0.3 is 9.47 Å². The standard InChI is InChI=1S/C15H11BrFNO5S/c16-9-3-4-11(10(17)6-9)22-8-14(20)23-7-13(19)18-15(21)12-2-1-5-24-12/h1-6H,7-8H2,(H,18,19,21). The molecule has 0 aliphatic heterocycles. The zero-order valence-electron chi connectivity index (χ0n) is 12.1. The zero-order chi connectivity index (χ0) is 17.5. The van der Waals surface area contributed by atoms with E-state index in [-0.39, 0.29) is 5.75 Å². The van der Waals surface area contributed by atoms with Crippen LogP contribution in [0.2, 0.25) is 0 Å². The van der Waals surface area contributed by atoms with Gasteiger partial charge in [0.1, 0.15) is 0 Å². The predicted octanol–water partition coefficient (Wildman–Crippen LogP) is 2.53. The molecule has 1 aromatic heterocycles. The molecule has 24 heavy (non-hydrogen) atoms. The number of ether oxygens (including phenoxy) is 2. The molecule has 0 bridgehead atoms. The summed E-state index contributed by atoms with van der Waals surface area (Å²) >= 11 is 4.27. The molecule has 0 unspecified atom stereocenters. The summed E-state index contributed by atoms with van der Waals surface area (Å²) in [5.41, 5.74) is 0. The van der Waals surface area contributed by atoms with Crippen LogP contribution in [-0.2, 0) is 14.3 Å². The highest BCUT2D eigenvalue weighted by atomic mass is 79.9. The van der Waals surface area contributed by atoms with Crippen molar-refractivity contribution in [3.8, 4) is 5.75 Å². The van der Waals surface area contributed by atoms with Gasteiger partial charge in [-0.05, 0) is 29.6 Å². The number of carbonyl (C=O) groups excluding carboxylic acids is 3. The van der Waals surface area contributed by atoms with Crippen LogP contribution in [0, 0.1) is 5.82 Å². The second-order valence-electron chi connectivity index (χ2n) is 4.38. The minimum atomic E-state index is -0.865. The molecule has 6 nitrogen and oxygen atoms in total. The smallest absolute Gasteiger partial charge is 0.344 e. The molecule has 2 amide bonds. The Morgan fingerprint density at radius 2 is 2.00 bits per heavy atom. The van der Waals surface area contributed by atoms with Crippen LogP contribution in [0.3, 0.4) is 0 Å². The predicted molar refractivity (Wildman–Crippen MR) is 87.3 cm³/mol. The van der Waals surface area contributed by atoms with E-state index in [1.807, 2.05) is 0 Å². The van der Waals surface area contributed by atoms with Gasteiger partial charge in [-0.3, -0.25) is 14.9 Å². The number of nitrogens with one attached hydrogen (secondary N) is 1. The molecule has 0 spiro atoms. The van der Waals surface area contributed by atoms with E-state index in [1.165, 1.54) is 23.5 Å². The van der Waals surface area contributed by atoms with Crippen LogP contribution in [-0.4, -0.2) is 31.0 Å². The van der Waals surface area contributed by atoms with Crippen LogP contribution in [0.1, 0.15) is 9.67 Å². The lowest BCUT2D eigenvalue weighted by molar-refractivity contribution is -0.150. The first-order chi connectivity index (χ1) is 11.5. The number of hydrogen-bond acceptors (Lipinski definition) is 6. The van der Waals surface area contributed by atoms with Gasteiger partial charge in [0, 0.05) is 4.47 Å². The van der Waals surface area contributed by atoms with Crippen LogP contribution >= 0.6 is 27.3 Å². The number of amides is 2. The third-order valence-corrected chi connectivity index (χ3v) is 3.96. The fourth-order valence-corrected chi connectivity index (χ4v) is 2.50. The van der Waals surface area contributed by atoms with Gasteiger partial charge in [-0.1, -0.05) is 22.0 Å². The third-order valence-electron chi connectivity index (χ3n) is 2.60. The molecular formula is C15H11BrFNO5S. The molecule has 126 valence electrons. The number of halogens is 2. The summed E-state index contributed by atoms with van der Waals surface area (Å²) in [5.74, 6) is -2.96. The maximum Gasteiger partial charge on any atom is 0.344 e. The van der Waals surface area contributed by atoms with Crippen LogP contribution < -0.4 is 10.1 Å². The lowest BCUT2D eigenvalue weighted by Crippen LogP contribution is -2.34. The first-order valence-electron chi connectivity index (χ1n) is 6.57. The second-order valence-corrected chi connectivity index (χ2v) is 6.24. The highest BCUT2D eigenvalue weighted by molar-refractivity contribution is 9.10. The Labute approximate surface area is 148 Å². The largest absolute Gasteiger partial charge is 0.479 e. The Morgan fingerprint density at radius 3 is 2.67 bits per heavy atom. The molecule has 0 aliphatic carbocycles. The van der Waals surface area contributed by atoms with Crippen molar-refractivity contribution in [2.75, 3.05) is 13.2 Å². The van der Waals surface area contributed by atoms with Gasteiger partial charge in [0.05, 0.1) is 4.88 Å². The topological polar surface area (TPSA) is 81.7 Å². The molecule has 0 aliphatic rings. The quantitative estimate of drug-likeness (QED) is 0.733. The molecule has 0 atom stereocenters. The van der Waals surface area contributed by atoms with Crippen LogP contribution in [0.15, 0.2) is 40.2 Å². The fourth-order valence-electron chi connectivity index (χ4n) is 1.55. The van der Waals surface area contributed by atoms with Crippen LogP contribution in [0.25, 0.3) is 0 Å². The van der Waals surface area contributed by atoms with Crippen molar-refractivity contribution < 1.29 is 28.2 Å². The van der Waals surface area contributed by atoms with E-state index in [0.717, 1.165) is 0 Å². The van der Waals surface area contributed by atoms with E-state index in [2.05, 4.69) is 26.0 Å². The summed E-state index contributed by atoms with van der Waals surface area (Å²) in [6.07, 6.45) is 0. The summed E-state index contributed by atoms with van der Waals surface area (Å²) in [5, 5.41) is 3.77. The van der Waals surface area contributed by atoms with E-state index < -0.39 is 36.8 Å². The first kappa shape index (κ1) is 18.1. The van der Waals surface area contributed by atoms with Crippen LogP contribution in [0.5, 0.6) is 5.75 Å². The van der Waals surface area contributed by atoms with Gasteiger partial charge in [-0.2, -0.15) is 0 Å². The molecule has 2 aromatic rings. The molecule has 0 saturated carbocycles. The van der Waals surface area contributed by atoms with E-state index >= 15 is 0 Å². The summed E-state index contributed by atoms with van der Waals surface area (Å²) in [4.78, 5) is 34.9. The second kappa shape index (κ2) is 8.55. The number of carbonyl (C=O) groups is 3. The fraction of sp³-hybridized carbons (Fsp3) is 0.133. The molecule has 9 heteroatoms. The average Bonchev–Trinajstić information content (AvgIpc) is 3.06. The highest BCUT2D eigenvalue weighted by Crippen LogP contribution is 2.21. The number of imide groups is 1. The van der Waals surface area contributed by atoms with E-state index in [1.54, 1.807) is 23.6 Å². The normalized spacial score (nSPS) is 10.1. The van der Waals surface area contributed by atoms with E-state index in [4.69, 9.17) is 4.74 Å². The molecule has 1 heterocycles. The minimum Gasteiger partial charge on any atom is -0.479 e. The van der Waals surface area contributed by atoms with E-state index in [9.17, 15) is 18.8 Å². The van der Waals surface area contributed by atoms with Crippen molar-refractivity contribution in [2.45, 2.75) is 0 Å². The van der Waals surface area contributed by atoms with Gasteiger partial charge in [0.2, 0.25) is 0 Å². The van der Waals surface area contributed by atoms with Crippen molar-refractivity contribution in [1.29, 1.82) is 0 Å². The first-order valence-corrected chi connectivity index (χ1v) is 8.24. The van der Waals surface area contributed by atoms with E-state index in [0.29, 0.717) is 9.35 Å². The number of benzene rings is 1. The Morgan fingerprint density at radius 1 is 1.21 bits per heavy atom. The van der Waals surface area contributed by atoms with Gasteiger partial charge in [0.15, 0.2) is 24.8 Å². The Balaban J connectivity index is 1.72. The van der Waals surface area contributed by atoms with Gasteiger partial charge in [0.25, 0.3) is 11.8 Å². The molecule has 0 fully saturated rings. The maximum atomic E-state index is 13.5. The van der Waals surface area contributed by atoms with Crippen molar-refractivity contribution in [3.63, 3.8) is 0 Å². The molecular weight excluding hydrogens is 405 g/mol. The van der Waals surface area contributed by atoms with Crippen molar-refractivity contribution in [2.24, 2.45) is 0 Å². The lowest BCUT2D eigenvalue weighted by Gasteiger charge is -2.08. The Bertz CT molecular complexity index is 750. The number of hydrogen-bond donors (Lipinski definition) is 1. The molecule has 1 N–H and O–H groups in total. The number of thiophene rings is 1. The van der Waals surface area contributed by atoms with Gasteiger partial charge in [-0.25, -0.2) is 9.18 Å². The number of esters is 1. The maximum absolute atomic E-state index is 13.5. The molecule has 1 aromatic carbocycles. The highest BCUT2D eigenvalue weighted by Gasteiger charge is 2.14. The molecule has 2 rings (SSSR count). The average molecular weight is 416 g/mol. The monoisotopic (exact) mass is 415 g/mol. The van der Waals surface area contributed by atoms with Crippen LogP contribution in [0.4, 0.5) is 4.39 Å². The summed E-state index contributed by atoms with van der Waals surface area (Å²) in [6, 6.07) is 7.30. The van der Waals surface area contributed by atoms with Crippen molar-refractivity contribution >= 4 is 45.1 Å². The summed E-state index contributed by atoms with van der Waals surface area (Å²) in [6.45, 7) is -1.20. The lowest BCUT2D eigenvalue weighted by atomic mass is 10.3. The molecule has 0 saturated heterocycles. The molecule has 0 radical (unpaired) electrons. The Kier molecular flexibility index (Phi) is 6.44. The van der Waals surface area contributed by atoms with Gasteiger partial charge in [-0.15, -0.1) is 11.3 Å². The summed E-state index contributed by atoms with van der Waals surface area (Å²) < 4.78 is 23.6. The Hall–Kier alpha value is -2.26. The van der Waals surface area contributed by atoms with Crippen molar-refractivity contribution in [3.05, 3.63) is 50.9 Å². The zero-order valence-corrected chi connectivity index (χ0v) is 14.5. The van der Waals surface area contributed by atoms with Crippen molar-refractivity contribution in [1.82, 2.24) is 5.32 Å². The summed E-state index contributed by atoms with van der Waals surface area (Å²) in [7, 11) is 0. The number of rotatable bonds is 6. The van der Waals surface area contributed by atoms with Gasteiger partial charge >= 0.3 is 5.97 Å².